The van der Waals surface area contributed by atoms with Crippen LogP contribution in [0.5, 0.6) is 0 Å². The first-order chi connectivity index (χ1) is 13.3. The van der Waals surface area contributed by atoms with Crippen LogP contribution in [0.25, 0.3) is 11.3 Å². The lowest BCUT2D eigenvalue weighted by molar-refractivity contribution is 0.831. The Balaban J connectivity index is 0.000000184. The summed E-state index contributed by atoms with van der Waals surface area (Å²) in [6.45, 7) is 16.5. The van der Waals surface area contributed by atoms with Crippen LogP contribution in [0.1, 0.15) is 76.2 Å². The molecular weight excluding hydrogens is 348 g/mol. The summed E-state index contributed by atoms with van der Waals surface area (Å²) in [6, 6.07) is 8.29. The summed E-state index contributed by atoms with van der Waals surface area (Å²) >= 11 is 0. The van der Waals surface area contributed by atoms with Crippen molar-refractivity contribution in [3.05, 3.63) is 59.4 Å². The van der Waals surface area contributed by atoms with Crippen LogP contribution >= 0.6 is 0 Å². The molecule has 4 heterocycles. The van der Waals surface area contributed by atoms with Gasteiger partial charge in [-0.05, 0) is 55.0 Å². The summed E-state index contributed by atoms with van der Waals surface area (Å²) in [5.74, 6) is 2.72. The molecular formula is C22H32N6. The van der Waals surface area contributed by atoms with Gasteiger partial charge in [-0.1, -0.05) is 47.6 Å². The smallest absolute Gasteiger partial charge is 0.155 e. The topological polar surface area (TPSA) is 60.4 Å². The zero-order chi connectivity index (χ0) is 20.8. The molecule has 150 valence electrons. The number of nitrogens with zero attached hydrogens (tertiary/aromatic N) is 6. The van der Waals surface area contributed by atoms with Crippen molar-refractivity contribution < 1.29 is 0 Å². The normalized spacial score (nSPS) is 10.8. The van der Waals surface area contributed by atoms with Gasteiger partial charge in [0.05, 0.1) is 0 Å². The van der Waals surface area contributed by atoms with E-state index in [0.717, 1.165) is 22.9 Å². The summed E-state index contributed by atoms with van der Waals surface area (Å²) in [5, 5.41) is 8.48. The van der Waals surface area contributed by atoms with Crippen LogP contribution in [0.3, 0.4) is 0 Å². The Morgan fingerprint density at radius 1 is 0.714 bits per heavy atom. The Kier molecular flexibility index (Phi) is 7.26. The highest BCUT2D eigenvalue weighted by molar-refractivity contribution is 5.41. The van der Waals surface area contributed by atoms with Crippen LogP contribution in [0.4, 0.5) is 0 Å². The van der Waals surface area contributed by atoms with E-state index in [0.29, 0.717) is 11.8 Å². The molecule has 28 heavy (non-hydrogen) atoms. The molecule has 4 aromatic rings. The second kappa shape index (κ2) is 9.44. The van der Waals surface area contributed by atoms with E-state index >= 15 is 0 Å². The van der Waals surface area contributed by atoms with Crippen LogP contribution in [-0.4, -0.2) is 29.2 Å². The van der Waals surface area contributed by atoms with Crippen LogP contribution in [0.15, 0.2) is 36.7 Å². The van der Waals surface area contributed by atoms with Gasteiger partial charge in [0, 0.05) is 12.4 Å². The summed E-state index contributed by atoms with van der Waals surface area (Å²) in [6.07, 6.45) is 4.00. The lowest BCUT2D eigenvalue weighted by Crippen LogP contribution is -1.93. The minimum Gasteiger partial charge on any atom is -0.221 e. The zero-order valence-electron chi connectivity index (χ0n) is 18.3. The van der Waals surface area contributed by atoms with Gasteiger partial charge in [0.2, 0.25) is 0 Å². The lowest BCUT2D eigenvalue weighted by Gasteiger charge is -2.03. The van der Waals surface area contributed by atoms with E-state index in [1.54, 1.807) is 4.52 Å². The van der Waals surface area contributed by atoms with Gasteiger partial charge in [0.15, 0.2) is 11.3 Å². The highest BCUT2D eigenvalue weighted by Crippen LogP contribution is 2.15. The van der Waals surface area contributed by atoms with E-state index in [9.17, 15) is 0 Å². The fourth-order valence-corrected chi connectivity index (χ4v) is 2.72. The molecule has 0 saturated carbocycles. The highest BCUT2D eigenvalue weighted by atomic mass is 15.3. The van der Waals surface area contributed by atoms with E-state index in [2.05, 4.69) is 66.1 Å². The standard InChI is InChI=1S/2C10H13N3.C2H6/c1-7(2)9-4-5-13-10(6-9)11-8(3)12-13;1-7(2)9-4-5-10-11-8(3)12-13(10)6-9;1-2/h2*4-7H,1-3H3;1-2H3. The van der Waals surface area contributed by atoms with Crippen molar-refractivity contribution in [3.63, 3.8) is 0 Å². The number of aromatic nitrogens is 6. The second-order valence-electron chi connectivity index (χ2n) is 7.16. The minimum absolute atomic E-state index is 0.536. The molecule has 0 aromatic carbocycles. The highest BCUT2D eigenvalue weighted by Gasteiger charge is 2.03. The number of rotatable bonds is 2. The van der Waals surface area contributed by atoms with Gasteiger partial charge in [0.1, 0.15) is 11.6 Å². The van der Waals surface area contributed by atoms with Crippen molar-refractivity contribution in [3.8, 4) is 0 Å². The molecule has 0 saturated heterocycles. The van der Waals surface area contributed by atoms with E-state index in [4.69, 9.17) is 0 Å². The van der Waals surface area contributed by atoms with Gasteiger partial charge in [-0.25, -0.2) is 19.0 Å². The Hall–Kier alpha value is -2.76. The lowest BCUT2D eigenvalue weighted by atomic mass is 10.1. The van der Waals surface area contributed by atoms with Crippen molar-refractivity contribution >= 4 is 11.3 Å². The van der Waals surface area contributed by atoms with Gasteiger partial charge in [0.25, 0.3) is 0 Å². The number of fused-ring (bicyclic) bond motifs is 2. The molecule has 0 spiro atoms. The number of hydrogen-bond donors (Lipinski definition) is 0. The van der Waals surface area contributed by atoms with Gasteiger partial charge in [-0.15, -0.1) is 0 Å². The predicted octanol–water partition coefficient (Wildman–Crippen LogP) is 5.35. The summed E-state index contributed by atoms with van der Waals surface area (Å²) in [5.41, 5.74) is 4.45. The van der Waals surface area contributed by atoms with Gasteiger partial charge < -0.3 is 0 Å². The molecule has 0 fully saturated rings. The summed E-state index contributed by atoms with van der Waals surface area (Å²) in [4.78, 5) is 8.57. The Morgan fingerprint density at radius 3 is 1.89 bits per heavy atom. The molecule has 4 aromatic heterocycles. The quantitative estimate of drug-likeness (QED) is 0.470. The Labute approximate surface area is 167 Å². The predicted molar refractivity (Wildman–Crippen MR) is 115 cm³/mol. The average molecular weight is 381 g/mol. The van der Waals surface area contributed by atoms with Crippen molar-refractivity contribution in [2.75, 3.05) is 0 Å². The van der Waals surface area contributed by atoms with Gasteiger partial charge in [-0.2, -0.15) is 10.2 Å². The SMILES string of the molecule is CC.Cc1nc2cc(C(C)C)ccn2n1.Cc1nc2ccc(C(C)C)cn2n1. The summed E-state index contributed by atoms with van der Waals surface area (Å²) < 4.78 is 3.64. The van der Waals surface area contributed by atoms with Crippen LogP contribution in [0.2, 0.25) is 0 Å². The van der Waals surface area contributed by atoms with Crippen molar-refractivity contribution in [2.24, 2.45) is 0 Å². The molecule has 6 heteroatoms. The fourth-order valence-electron chi connectivity index (χ4n) is 2.72. The third-order valence-corrected chi connectivity index (χ3v) is 4.26. The van der Waals surface area contributed by atoms with Crippen LogP contribution in [-0.2, 0) is 0 Å². The second-order valence-corrected chi connectivity index (χ2v) is 7.16. The molecule has 0 N–H and O–H groups in total. The molecule has 0 amide bonds. The van der Waals surface area contributed by atoms with Gasteiger partial charge >= 0.3 is 0 Å². The molecule has 0 aliphatic rings. The van der Waals surface area contributed by atoms with E-state index < -0.39 is 0 Å². The van der Waals surface area contributed by atoms with Crippen molar-refractivity contribution in [1.29, 1.82) is 0 Å². The molecule has 0 aliphatic carbocycles. The zero-order valence-corrected chi connectivity index (χ0v) is 18.3. The fraction of sp³-hybridized carbons (Fsp3) is 0.455. The number of aryl methyl sites for hydroxylation is 2. The maximum Gasteiger partial charge on any atom is 0.155 e. The molecule has 0 unspecified atom stereocenters. The monoisotopic (exact) mass is 380 g/mol. The molecule has 0 radical (unpaired) electrons. The largest absolute Gasteiger partial charge is 0.221 e. The van der Waals surface area contributed by atoms with Crippen molar-refractivity contribution in [2.45, 2.75) is 67.2 Å². The first kappa shape index (κ1) is 21.5. The van der Waals surface area contributed by atoms with Gasteiger partial charge in [-0.3, -0.25) is 0 Å². The van der Waals surface area contributed by atoms with Crippen molar-refractivity contribution in [1.82, 2.24) is 29.2 Å². The first-order valence-electron chi connectivity index (χ1n) is 9.99. The molecule has 0 atom stereocenters. The number of hydrogen-bond acceptors (Lipinski definition) is 4. The molecule has 4 rings (SSSR count). The third-order valence-electron chi connectivity index (χ3n) is 4.26. The Morgan fingerprint density at radius 2 is 1.29 bits per heavy atom. The third kappa shape index (κ3) is 5.15. The molecule has 0 aliphatic heterocycles. The van der Waals surface area contributed by atoms with E-state index in [1.807, 2.05) is 50.7 Å². The van der Waals surface area contributed by atoms with E-state index in [-0.39, 0.29) is 0 Å². The van der Waals surface area contributed by atoms with Crippen LogP contribution in [0, 0.1) is 13.8 Å². The maximum absolute atomic E-state index is 4.31. The molecule has 0 bridgehead atoms. The number of pyridine rings is 2. The first-order valence-corrected chi connectivity index (χ1v) is 9.99. The average Bonchev–Trinajstić information content (AvgIpc) is 3.22. The minimum atomic E-state index is 0.536. The maximum atomic E-state index is 4.31. The van der Waals surface area contributed by atoms with E-state index in [1.165, 1.54) is 11.1 Å². The van der Waals surface area contributed by atoms with Crippen LogP contribution < -0.4 is 0 Å². The molecule has 6 nitrogen and oxygen atoms in total. The summed E-state index contributed by atoms with van der Waals surface area (Å²) in [7, 11) is 0. The Bertz CT molecular complexity index is 942.